The Bertz CT molecular complexity index is 537. The predicted octanol–water partition coefficient (Wildman–Crippen LogP) is 2.89. The van der Waals surface area contributed by atoms with Crippen LogP contribution >= 0.6 is 24.0 Å². The Morgan fingerprint density at radius 2 is 2.29 bits per heavy atom. The second-order valence-electron chi connectivity index (χ2n) is 5.71. The van der Waals surface area contributed by atoms with Crippen LogP contribution in [-0.4, -0.2) is 51.3 Å². The Morgan fingerprint density at radius 3 is 2.88 bits per heavy atom. The molecule has 5 nitrogen and oxygen atoms in total. The second-order valence-corrected chi connectivity index (χ2v) is 5.71. The molecule has 1 heterocycles. The van der Waals surface area contributed by atoms with E-state index in [4.69, 9.17) is 9.47 Å². The quantitative estimate of drug-likeness (QED) is 0.411. The van der Waals surface area contributed by atoms with Crippen LogP contribution in [0.5, 0.6) is 5.75 Å². The van der Waals surface area contributed by atoms with Crippen LogP contribution in [0.4, 0.5) is 4.39 Å². The standard InChI is InChI=1S/C17H26FN3O2.HI/c1-4-23-16-6-5-13(9-15(16)18)10-20-17(19-2)21(3)11-14-7-8-22-12-14;/h5-6,9,14H,4,7-8,10-12H2,1-3H3,(H,19,20);1H. The summed E-state index contributed by atoms with van der Waals surface area (Å²) in [5.74, 6) is 1.30. The van der Waals surface area contributed by atoms with Crippen LogP contribution in [0, 0.1) is 11.7 Å². The zero-order valence-electron chi connectivity index (χ0n) is 14.5. The summed E-state index contributed by atoms with van der Waals surface area (Å²) in [7, 11) is 3.76. The fourth-order valence-corrected chi connectivity index (χ4v) is 2.69. The molecule has 0 saturated carbocycles. The number of hydrogen-bond acceptors (Lipinski definition) is 3. The molecule has 1 aromatic carbocycles. The third kappa shape index (κ3) is 6.08. The molecule has 1 atom stereocenters. The molecule has 1 unspecified atom stereocenters. The minimum absolute atomic E-state index is 0. The van der Waals surface area contributed by atoms with Gasteiger partial charge in [0, 0.05) is 39.7 Å². The number of nitrogens with zero attached hydrogens (tertiary/aromatic N) is 2. The normalized spacial score (nSPS) is 17.3. The number of rotatable bonds is 6. The topological polar surface area (TPSA) is 46.1 Å². The summed E-state index contributed by atoms with van der Waals surface area (Å²) < 4.78 is 24.5. The Balaban J connectivity index is 0.00000288. The summed E-state index contributed by atoms with van der Waals surface area (Å²) in [5, 5.41) is 3.27. The van der Waals surface area contributed by atoms with Gasteiger partial charge in [0.05, 0.1) is 13.2 Å². The summed E-state index contributed by atoms with van der Waals surface area (Å²) in [4.78, 5) is 6.37. The first-order chi connectivity index (χ1) is 11.1. The van der Waals surface area contributed by atoms with Crippen LogP contribution in [0.3, 0.4) is 0 Å². The molecule has 1 aliphatic heterocycles. The molecule has 0 aromatic heterocycles. The molecule has 7 heteroatoms. The van der Waals surface area contributed by atoms with Gasteiger partial charge in [-0.1, -0.05) is 6.07 Å². The van der Waals surface area contributed by atoms with E-state index in [2.05, 4.69) is 15.2 Å². The van der Waals surface area contributed by atoms with Gasteiger partial charge in [-0.05, 0) is 31.0 Å². The molecule has 1 aromatic rings. The van der Waals surface area contributed by atoms with E-state index >= 15 is 0 Å². The molecule has 0 spiro atoms. The zero-order chi connectivity index (χ0) is 16.7. The van der Waals surface area contributed by atoms with Gasteiger partial charge in [-0.2, -0.15) is 0 Å². The van der Waals surface area contributed by atoms with E-state index in [0.717, 1.165) is 37.7 Å². The van der Waals surface area contributed by atoms with Crippen LogP contribution in [-0.2, 0) is 11.3 Å². The number of hydrogen-bond donors (Lipinski definition) is 1. The summed E-state index contributed by atoms with van der Waals surface area (Å²) in [6.45, 7) is 5.36. The summed E-state index contributed by atoms with van der Waals surface area (Å²) >= 11 is 0. The molecule has 1 N–H and O–H groups in total. The van der Waals surface area contributed by atoms with Crippen molar-refractivity contribution in [2.45, 2.75) is 19.9 Å². The second kappa shape index (κ2) is 10.7. The van der Waals surface area contributed by atoms with Crippen molar-refractivity contribution in [3.8, 4) is 5.75 Å². The molecule has 0 amide bonds. The summed E-state index contributed by atoms with van der Waals surface area (Å²) in [6, 6.07) is 5.02. The van der Waals surface area contributed by atoms with E-state index in [9.17, 15) is 4.39 Å². The highest BCUT2D eigenvalue weighted by Crippen LogP contribution is 2.18. The third-order valence-electron chi connectivity index (χ3n) is 3.88. The van der Waals surface area contributed by atoms with Gasteiger partial charge in [0.15, 0.2) is 17.5 Å². The Hall–Kier alpha value is -1.09. The first kappa shape index (κ1) is 21.0. The number of benzene rings is 1. The average molecular weight is 451 g/mol. The molecule has 1 fully saturated rings. The van der Waals surface area contributed by atoms with Crippen LogP contribution in [0.25, 0.3) is 0 Å². The smallest absolute Gasteiger partial charge is 0.193 e. The highest BCUT2D eigenvalue weighted by molar-refractivity contribution is 14.0. The first-order valence-electron chi connectivity index (χ1n) is 8.04. The lowest BCUT2D eigenvalue weighted by molar-refractivity contribution is 0.181. The van der Waals surface area contributed by atoms with E-state index < -0.39 is 0 Å². The molecular formula is C17H27FIN3O2. The van der Waals surface area contributed by atoms with Gasteiger partial charge in [0.1, 0.15) is 0 Å². The molecule has 1 saturated heterocycles. The van der Waals surface area contributed by atoms with Gasteiger partial charge in [-0.15, -0.1) is 24.0 Å². The van der Waals surface area contributed by atoms with Gasteiger partial charge in [0.25, 0.3) is 0 Å². The zero-order valence-corrected chi connectivity index (χ0v) is 16.9. The molecule has 136 valence electrons. The molecular weight excluding hydrogens is 424 g/mol. The van der Waals surface area contributed by atoms with Crippen molar-refractivity contribution in [1.82, 2.24) is 10.2 Å². The van der Waals surface area contributed by atoms with E-state index in [0.29, 0.717) is 24.8 Å². The Morgan fingerprint density at radius 1 is 1.50 bits per heavy atom. The molecule has 24 heavy (non-hydrogen) atoms. The SMILES string of the molecule is CCOc1ccc(CNC(=NC)N(C)CC2CCOC2)cc1F.I. The lowest BCUT2D eigenvalue weighted by atomic mass is 10.1. The van der Waals surface area contributed by atoms with Crippen molar-refractivity contribution in [2.24, 2.45) is 10.9 Å². The number of halogens is 2. The van der Waals surface area contributed by atoms with Gasteiger partial charge in [-0.25, -0.2) is 4.39 Å². The third-order valence-corrected chi connectivity index (χ3v) is 3.88. The lowest BCUT2D eigenvalue weighted by Gasteiger charge is -2.24. The highest BCUT2D eigenvalue weighted by Gasteiger charge is 2.19. The first-order valence-corrected chi connectivity index (χ1v) is 8.04. The van der Waals surface area contributed by atoms with E-state index in [1.807, 2.05) is 20.0 Å². The number of guanidine groups is 1. The molecule has 1 aliphatic rings. The van der Waals surface area contributed by atoms with Crippen LogP contribution < -0.4 is 10.1 Å². The Kier molecular flexibility index (Phi) is 9.35. The monoisotopic (exact) mass is 451 g/mol. The van der Waals surface area contributed by atoms with Crippen LogP contribution in [0.15, 0.2) is 23.2 Å². The van der Waals surface area contributed by atoms with Gasteiger partial charge >= 0.3 is 0 Å². The average Bonchev–Trinajstić information content (AvgIpc) is 3.03. The maximum Gasteiger partial charge on any atom is 0.193 e. The fraction of sp³-hybridized carbons (Fsp3) is 0.588. The molecule has 0 radical (unpaired) electrons. The molecule has 0 bridgehead atoms. The predicted molar refractivity (Wildman–Crippen MR) is 105 cm³/mol. The largest absolute Gasteiger partial charge is 0.491 e. The van der Waals surface area contributed by atoms with Crippen molar-refractivity contribution in [3.63, 3.8) is 0 Å². The van der Waals surface area contributed by atoms with Crippen LogP contribution in [0.1, 0.15) is 18.9 Å². The summed E-state index contributed by atoms with van der Waals surface area (Å²) in [6.07, 6.45) is 1.09. The van der Waals surface area contributed by atoms with Gasteiger partial charge in [-0.3, -0.25) is 4.99 Å². The van der Waals surface area contributed by atoms with Gasteiger partial charge < -0.3 is 19.7 Å². The maximum absolute atomic E-state index is 13.9. The van der Waals surface area contributed by atoms with Crippen molar-refractivity contribution in [2.75, 3.05) is 40.5 Å². The minimum Gasteiger partial charge on any atom is -0.491 e. The van der Waals surface area contributed by atoms with E-state index in [-0.39, 0.29) is 29.8 Å². The maximum atomic E-state index is 13.9. The van der Waals surface area contributed by atoms with Crippen LogP contribution in [0.2, 0.25) is 0 Å². The molecule has 0 aliphatic carbocycles. The van der Waals surface area contributed by atoms with Crippen molar-refractivity contribution >= 4 is 29.9 Å². The van der Waals surface area contributed by atoms with E-state index in [1.165, 1.54) is 6.07 Å². The fourth-order valence-electron chi connectivity index (χ4n) is 2.69. The van der Waals surface area contributed by atoms with Crippen molar-refractivity contribution in [3.05, 3.63) is 29.6 Å². The van der Waals surface area contributed by atoms with Gasteiger partial charge in [0.2, 0.25) is 0 Å². The van der Waals surface area contributed by atoms with Crippen molar-refractivity contribution in [1.29, 1.82) is 0 Å². The highest BCUT2D eigenvalue weighted by atomic mass is 127. The Labute approximate surface area is 160 Å². The number of ether oxygens (including phenoxy) is 2. The number of nitrogens with one attached hydrogen (secondary N) is 1. The number of aliphatic imine (C=N–C) groups is 1. The lowest BCUT2D eigenvalue weighted by Crippen LogP contribution is -2.41. The summed E-state index contributed by atoms with van der Waals surface area (Å²) in [5.41, 5.74) is 0.852. The molecule has 2 rings (SSSR count). The minimum atomic E-state index is -0.336. The van der Waals surface area contributed by atoms with E-state index in [1.54, 1.807) is 13.1 Å². The van der Waals surface area contributed by atoms with Crippen molar-refractivity contribution < 1.29 is 13.9 Å².